The first-order valence-electron chi connectivity index (χ1n) is 10.9. The van der Waals surface area contributed by atoms with Gasteiger partial charge in [0, 0.05) is 22.4 Å². The first kappa shape index (κ1) is 23.6. The summed E-state index contributed by atoms with van der Waals surface area (Å²) in [5.74, 6) is -0.288. The molecule has 176 valence electrons. The summed E-state index contributed by atoms with van der Waals surface area (Å²) < 4.78 is 11.5. The Kier molecular flexibility index (Phi) is 6.79. The molecule has 2 aromatic carbocycles. The van der Waals surface area contributed by atoms with E-state index in [0.717, 1.165) is 22.3 Å². The molecule has 0 radical (unpaired) electrons. The van der Waals surface area contributed by atoms with E-state index >= 15 is 0 Å². The fraction of sp³-hybridized carbons (Fsp3) is 0.269. The molecule has 7 nitrogen and oxygen atoms in total. The minimum atomic E-state index is -1.10. The SMILES string of the molecule is CSCC[C@@H](NC(=O)Cc1c(C)c2cc3c(-c4ccccc4)c(C)oc3cc2oc1=O)C(=O)O. The normalized spacial score (nSPS) is 12.2. The van der Waals surface area contributed by atoms with Crippen LogP contribution in [0, 0.1) is 13.8 Å². The van der Waals surface area contributed by atoms with Crippen molar-refractivity contribution in [2.75, 3.05) is 12.0 Å². The highest BCUT2D eigenvalue weighted by atomic mass is 32.2. The first-order chi connectivity index (χ1) is 16.3. The molecule has 8 heteroatoms. The van der Waals surface area contributed by atoms with Crippen LogP contribution in [0.1, 0.15) is 23.3 Å². The van der Waals surface area contributed by atoms with E-state index in [0.29, 0.717) is 34.3 Å². The molecule has 0 bridgehead atoms. The van der Waals surface area contributed by atoms with Crippen molar-refractivity contribution in [3.63, 3.8) is 0 Å². The summed E-state index contributed by atoms with van der Waals surface area (Å²) in [5.41, 5.74) is 3.16. The summed E-state index contributed by atoms with van der Waals surface area (Å²) >= 11 is 1.50. The van der Waals surface area contributed by atoms with Crippen LogP contribution in [0.25, 0.3) is 33.1 Å². The number of carboxylic acids is 1. The zero-order chi connectivity index (χ0) is 24.4. The molecular formula is C26H25NO6S. The molecule has 1 amide bonds. The lowest BCUT2D eigenvalue weighted by Gasteiger charge is -2.14. The molecule has 2 aromatic heterocycles. The molecule has 0 unspecified atom stereocenters. The van der Waals surface area contributed by atoms with Gasteiger partial charge in [-0.3, -0.25) is 4.79 Å². The van der Waals surface area contributed by atoms with Crippen molar-refractivity contribution in [2.24, 2.45) is 0 Å². The van der Waals surface area contributed by atoms with Gasteiger partial charge in [0.2, 0.25) is 5.91 Å². The van der Waals surface area contributed by atoms with E-state index in [-0.39, 0.29) is 12.0 Å². The molecule has 2 N–H and O–H groups in total. The molecule has 34 heavy (non-hydrogen) atoms. The average molecular weight is 480 g/mol. The van der Waals surface area contributed by atoms with E-state index in [4.69, 9.17) is 8.83 Å². The maximum absolute atomic E-state index is 12.7. The summed E-state index contributed by atoms with van der Waals surface area (Å²) in [7, 11) is 0. The molecule has 0 aliphatic heterocycles. The molecule has 0 aliphatic rings. The van der Waals surface area contributed by atoms with Gasteiger partial charge in [0.25, 0.3) is 0 Å². The maximum atomic E-state index is 12.7. The van der Waals surface area contributed by atoms with Gasteiger partial charge in [0.1, 0.15) is 23.0 Å². The van der Waals surface area contributed by atoms with E-state index < -0.39 is 23.5 Å². The smallest absolute Gasteiger partial charge is 0.340 e. The van der Waals surface area contributed by atoms with Crippen LogP contribution in [0.3, 0.4) is 0 Å². The molecule has 2 heterocycles. The number of carboxylic acid groups (broad SMARTS) is 1. The van der Waals surface area contributed by atoms with E-state index in [1.54, 1.807) is 13.0 Å². The highest BCUT2D eigenvalue weighted by molar-refractivity contribution is 7.98. The predicted octanol–water partition coefficient (Wildman–Crippen LogP) is 4.69. The van der Waals surface area contributed by atoms with Gasteiger partial charge < -0.3 is 19.3 Å². The van der Waals surface area contributed by atoms with E-state index in [9.17, 15) is 19.5 Å². The Bertz CT molecular complexity index is 1440. The van der Waals surface area contributed by atoms with Crippen LogP contribution >= 0.6 is 11.8 Å². The molecule has 0 saturated carbocycles. The summed E-state index contributed by atoms with van der Waals surface area (Å²) in [6.07, 6.45) is 1.90. The molecule has 0 spiro atoms. The van der Waals surface area contributed by atoms with Crippen LogP contribution in [-0.4, -0.2) is 35.0 Å². The number of amides is 1. The lowest BCUT2D eigenvalue weighted by molar-refractivity contribution is -0.141. The van der Waals surface area contributed by atoms with E-state index in [1.807, 2.05) is 49.6 Å². The third-order valence-corrected chi connectivity index (χ3v) is 6.56. The third kappa shape index (κ3) is 4.59. The second-order valence-electron chi connectivity index (χ2n) is 8.15. The van der Waals surface area contributed by atoms with Gasteiger partial charge in [-0.25, -0.2) is 9.59 Å². The Balaban J connectivity index is 1.74. The van der Waals surface area contributed by atoms with Gasteiger partial charge in [-0.05, 0) is 49.5 Å². The number of carbonyl (C=O) groups is 2. The summed E-state index contributed by atoms with van der Waals surface area (Å²) in [6, 6.07) is 12.5. The van der Waals surface area contributed by atoms with Crippen LogP contribution in [-0.2, 0) is 16.0 Å². The molecule has 4 rings (SSSR count). The van der Waals surface area contributed by atoms with E-state index in [2.05, 4.69) is 5.32 Å². The highest BCUT2D eigenvalue weighted by Crippen LogP contribution is 2.37. The first-order valence-corrected chi connectivity index (χ1v) is 12.3. The number of aryl methyl sites for hydroxylation is 2. The number of carbonyl (C=O) groups excluding carboxylic acids is 1. The number of thioether (sulfide) groups is 1. The Morgan fingerprint density at radius 1 is 1.06 bits per heavy atom. The lowest BCUT2D eigenvalue weighted by atomic mass is 9.98. The number of furan rings is 1. The zero-order valence-electron chi connectivity index (χ0n) is 19.1. The summed E-state index contributed by atoms with van der Waals surface area (Å²) in [6.45, 7) is 3.66. The minimum Gasteiger partial charge on any atom is -0.480 e. The summed E-state index contributed by atoms with van der Waals surface area (Å²) in [5, 5.41) is 13.5. The maximum Gasteiger partial charge on any atom is 0.340 e. The fourth-order valence-electron chi connectivity index (χ4n) is 4.17. The largest absolute Gasteiger partial charge is 0.480 e. The molecule has 4 aromatic rings. The Morgan fingerprint density at radius 2 is 1.76 bits per heavy atom. The number of hydrogen-bond acceptors (Lipinski definition) is 6. The van der Waals surface area contributed by atoms with Crippen LogP contribution in [0.2, 0.25) is 0 Å². The van der Waals surface area contributed by atoms with Crippen molar-refractivity contribution in [3.8, 4) is 11.1 Å². The zero-order valence-corrected chi connectivity index (χ0v) is 20.0. The van der Waals surface area contributed by atoms with Crippen molar-refractivity contribution in [3.05, 3.63) is 69.8 Å². The number of benzene rings is 2. The van der Waals surface area contributed by atoms with Crippen LogP contribution in [0.15, 0.2) is 56.1 Å². The topological polar surface area (TPSA) is 110 Å². The number of rotatable bonds is 8. The third-order valence-electron chi connectivity index (χ3n) is 5.92. The Hall–Kier alpha value is -3.52. The quantitative estimate of drug-likeness (QED) is 0.353. The fourth-order valence-corrected chi connectivity index (χ4v) is 4.64. The second-order valence-corrected chi connectivity index (χ2v) is 9.14. The van der Waals surface area contributed by atoms with Crippen molar-refractivity contribution < 1.29 is 23.5 Å². The molecule has 0 saturated heterocycles. The van der Waals surface area contributed by atoms with Gasteiger partial charge in [-0.2, -0.15) is 11.8 Å². The molecule has 0 aliphatic carbocycles. The minimum absolute atomic E-state index is 0.208. The molecule has 1 atom stereocenters. The second kappa shape index (κ2) is 9.77. The van der Waals surface area contributed by atoms with Crippen LogP contribution in [0.5, 0.6) is 0 Å². The summed E-state index contributed by atoms with van der Waals surface area (Å²) in [4.78, 5) is 36.8. The van der Waals surface area contributed by atoms with Gasteiger partial charge in [0.15, 0.2) is 0 Å². The standard InChI is InChI=1S/C26H25NO6S/c1-14-17-11-19-22(32-15(2)24(19)16-7-5-4-6-8-16)13-21(17)33-26(31)18(14)12-23(28)27-20(25(29)30)9-10-34-3/h4-8,11,13,20H,9-10,12H2,1-3H3,(H,27,28)(H,29,30)/t20-/m1/s1. The van der Waals surface area contributed by atoms with Crippen molar-refractivity contribution in [2.45, 2.75) is 32.7 Å². The predicted molar refractivity (Wildman–Crippen MR) is 133 cm³/mol. The van der Waals surface area contributed by atoms with Crippen molar-refractivity contribution >= 4 is 45.6 Å². The van der Waals surface area contributed by atoms with Gasteiger partial charge >= 0.3 is 11.6 Å². The number of nitrogens with one attached hydrogen (secondary N) is 1. The van der Waals surface area contributed by atoms with Crippen molar-refractivity contribution in [1.82, 2.24) is 5.32 Å². The monoisotopic (exact) mass is 479 g/mol. The average Bonchev–Trinajstić information content (AvgIpc) is 3.13. The molecule has 0 fully saturated rings. The van der Waals surface area contributed by atoms with Gasteiger partial charge in [-0.15, -0.1) is 0 Å². The lowest BCUT2D eigenvalue weighted by Crippen LogP contribution is -2.42. The van der Waals surface area contributed by atoms with Gasteiger partial charge in [0.05, 0.1) is 12.0 Å². The van der Waals surface area contributed by atoms with Crippen LogP contribution in [0.4, 0.5) is 0 Å². The van der Waals surface area contributed by atoms with E-state index in [1.165, 1.54) is 11.8 Å². The number of fused-ring (bicyclic) bond motifs is 2. The number of hydrogen-bond donors (Lipinski definition) is 2. The number of aliphatic carboxylic acids is 1. The Labute approximate surface area is 200 Å². The Morgan fingerprint density at radius 3 is 2.44 bits per heavy atom. The van der Waals surface area contributed by atoms with Crippen LogP contribution < -0.4 is 10.9 Å². The molecular weight excluding hydrogens is 454 g/mol. The van der Waals surface area contributed by atoms with Gasteiger partial charge in [-0.1, -0.05) is 30.3 Å². The highest BCUT2D eigenvalue weighted by Gasteiger charge is 2.23. The van der Waals surface area contributed by atoms with Crippen molar-refractivity contribution in [1.29, 1.82) is 0 Å².